The highest BCUT2D eigenvalue weighted by atomic mass is 32.1. The van der Waals surface area contributed by atoms with Crippen LogP contribution in [0.15, 0.2) is 35.9 Å². The van der Waals surface area contributed by atoms with Gasteiger partial charge in [-0.2, -0.15) is 0 Å². The minimum absolute atomic E-state index is 0.121. The monoisotopic (exact) mass is 438 g/mol. The summed E-state index contributed by atoms with van der Waals surface area (Å²) in [5.41, 5.74) is 5.25. The average molecular weight is 439 g/mol. The van der Waals surface area contributed by atoms with Gasteiger partial charge in [0.2, 0.25) is 5.91 Å². The maximum Gasteiger partial charge on any atom is 0.319 e. The van der Waals surface area contributed by atoms with Gasteiger partial charge >= 0.3 is 6.03 Å². The number of amides is 4. The fourth-order valence-electron chi connectivity index (χ4n) is 3.98. The number of benzene rings is 1. The van der Waals surface area contributed by atoms with Crippen molar-refractivity contribution >= 4 is 34.9 Å². The first-order valence-corrected chi connectivity index (χ1v) is 11.2. The van der Waals surface area contributed by atoms with Crippen LogP contribution in [0.3, 0.4) is 0 Å². The summed E-state index contributed by atoms with van der Waals surface area (Å²) in [5.74, 6) is -0.290. The molecule has 2 aliphatic rings. The first-order chi connectivity index (χ1) is 14.8. The van der Waals surface area contributed by atoms with E-state index in [0.29, 0.717) is 30.8 Å². The van der Waals surface area contributed by atoms with Crippen molar-refractivity contribution in [2.75, 3.05) is 5.32 Å². The molecule has 2 aliphatic heterocycles. The van der Waals surface area contributed by atoms with Crippen molar-refractivity contribution in [3.63, 3.8) is 0 Å². The van der Waals surface area contributed by atoms with E-state index in [1.165, 1.54) is 16.9 Å². The van der Waals surface area contributed by atoms with Crippen LogP contribution in [-0.2, 0) is 17.9 Å². The third kappa shape index (κ3) is 4.34. The van der Waals surface area contributed by atoms with Crippen LogP contribution in [0.1, 0.15) is 51.2 Å². The second-order valence-corrected chi connectivity index (χ2v) is 9.06. The second-order valence-electron chi connectivity index (χ2n) is 8.09. The van der Waals surface area contributed by atoms with Gasteiger partial charge in [-0.3, -0.25) is 9.59 Å². The van der Waals surface area contributed by atoms with E-state index in [1.807, 2.05) is 37.4 Å². The molecule has 1 aromatic carbocycles. The molecule has 8 heteroatoms. The van der Waals surface area contributed by atoms with Crippen LogP contribution in [-0.4, -0.2) is 28.8 Å². The van der Waals surface area contributed by atoms with E-state index in [1.54, 1.807) is 4.90 Å². The van der Waals surface area contributed by atoms with E-state index >= 15 is 0 Å². The van der Waals surface area contributed by atoms with Crippen LogP contribution >= 0.6 is 11.3 Å². The van der Waals surface area contributed by atoms with E-state index in [2.05, 4.69) is 22.5 Å². The predicted octanol–water partition coefficient (Wildman–Crippen LogP) is 3.82. The highest BCUT2D eigenvalue weighted by Gasteiger charge is 2.39. The predicted molar refractivity (Wildman–Crippen MR) is 121 cm³/mol. The average Bonchev–Trinajstić information content (AvgIpc) is 3.21. The molecule has 1 saturated heterocycles. The molecular weight excluding hydrogens is 412 g/mol. The zero-order valence-electron chi connectivity index (χ0n) is 17.7. The van der Waals surface area contributed by atoms with Gasteiger partial charge in [0, 0.05) is 28.2 Å². The van der Waals surface area contributed by atoms with Gasteiger partial charge in [0.1, 0.15) is 6.04 Å². The Morgan fingerprint density at radius 3 is 2.87 bits per heavy atom. The zero-order valence-corrected chi connectivity index (χ0v) is 18.5. The Bertz CT molecular complexity index is 1070. The van der Waals surface area contributed by atoms with E-state index in [-0.39, 0.29) is 17.8 Å². The summed E-state index contributed by atoms with van der Waals surface area (Å²) in [4.78, 5) is 40.3. The number of fused-ring (bicyclic) bond motifs is 1. The topological polar surface area (TPSA) is 90.5 Å². The molecule has 0 spiro atoms. The van der Waals surface area contributed by atoms with Crippen molar-refractivity contribution < 1.29 is 14.4 Å². The number of hydrogen-bond donors (Lipinski definition) is 3. The SMILES string of the molecule is C=C1CCC[C@H](N2Cc3c(csc3CNC(=O)Nc3ccc(C)c(C)c3)C2=O)C(=O)N1. The molecule has 1 fully saturated rings. The third-order valence-electron chi connectivity index (χ3n) is 5.91. The number of aryl methyl sites for hydroxylation is 2. The molecule has 1 aromatic heterocycles. The molecule has 3 heterocycles. The van der Waals surface area contributed by atoms with Crippen molar-refractivity contribution in [1.82, 2.24) is 15.5 Å². The lowest BCUT2D eigenvalue weighted by molar-refractivity contribution is -0.124. The van der Waals surface area contributed by atoms with E-state index in [9.17, 15) is 14.4 Å². The van der Waals surface area contributed by atoms with Crippen molar-refractivity contribution in [2.24, 2.45) is 0 Å². The summed E-state index contributed by atoms with van der Waals surface area (Å²) >= 11 is 1.46. The van der Waals surface area contributed by atoms with Crippen molar-refractivity contribution in [3.05, 3.63) is 63.0 Å². The van der Waals surface area contributed by atoms with Crippen molar-refractivity contribution in [2.45, 2.75) is 52.2 Å². The molecule has 7 nitrogen and oxygen atoms in total. The summed E-state index contributed by atoms with van der Waals surface area (Å²) in [6, 6.07) is 4.98. The Balaban J connectivity index is 1.40. The lowest BCUT2D eigenvalue weighted by Gasteiger charge is -2.25. The van der Waals surface area contributed by atoms with Gasteiger partial charge in [0.05, 0.1) is 12.1 Å². The number of thiophene rings is 1. The quantitative estimate of drug-likeness (QED) is 0.678. The molecule has 0 aliphatic carbocycles. The maximum absolute atomic E-state index is 12.9. The standard InChI is InChI=1S/C23H26N4O3S/c1-13-7-8-16(9-14(13)2)26-23(30)24-10-20-17-11-27(22(29)18(17)12-31-20)19-6-4-5-15(3)25-21(19)28/h7-9,12,19H,3-6,10-11H2,1-2H3,(H,25,28)(H2,24,26,30)/t19-/m0/s1. The molecule has 0 bridgehead atoms. The van der Waals surface area contributed by atoms with Gasteiger partial charge in [0.15, 0.2) is 0 Å². The number of hydrogen-bond acceptors (Lipinski definition) is 4. The number of nitrogens with one attached hydrogen (secondary N) is 3. The Kier molecular flexibility index (Phi) is 5.82. The van der Waals surface area contributed by atoms with Gasteiger partial charge in [-0.05, 0) is 61.9 Å². The lowest BCUT2D eigenvalue weighted by atomic mass is 10.1. The first-order valence-electron chi connectivity index (χ1n) is 10.3. The van der Waals surface area contributed by atoms with Crippen molar-refractivity contribution in [3.8, 4) is 0 Å². The van der Waals surface area contributed by atoms with Crippen LogP contribution in [0.4, 0.5) is 10.5 Å². The van der Waals surface area contributed by atoms with Gasteiger partial charge in [-0.25, -0.2) is 4.79 Å². The Hall–Kier alpha value is -3.13. The number of rotatable bonds is 4. The molecule has 4 amide bonds. The highest BCUT2D eigenvalue weighted by Crippen LogP contribution is 2.34. The molecule has 0 radical (unpaired) electrons. The normalized spacial score (nSPS) is 18.5. The summed E-state index contributed by atoms with van der Waals surface area (Å²) in [7, 11) is 0. The summed E-state index contributed by atoms with van der Waals surface area (Å²) < 4.78 is 0. The highest BCUT2D eigenvalue weighted by molar-refractivity contribution is 7.10. The van der Waals surface area contributed by atoms with Gasteiger partial charge in [0.25, 0.3) is 5.91 Å². The zero-order chi connectivity index (χ0) is 22.1. The largest absolute Gasteiger partial charge is 0.333 e. The molecule has 162 valence electrons. The number of carbonyl (C=O) groups excluding carboxylic acids is 3. The molecule has 0 saturated carbocycles. The third-order valence-corrected chi connectivity index (χ3v) is 6.94. The Morgan fingerprint density at radius 2 is 2.10 bits per heavy atom. The van der Waals surface area contributed by atoms with Gasteiger partial charge < -0.3 is 20.9 Å². The minimum Gasteiger partial charge on any atom is -0.333 e. The van der Waals surface area contributed by atoms with Gasteiger partial charge in [-0.15, -0.1) is 11.3 Å². The van der Waals surface area contributed by atoms with Gasteiger partial charge in [-0.1, -0.05) is 12.6 Å². The molecule has 31 heavy (non-hydrogen) atoms. The van der Waals surface area contributed by atoms with E-state index in [4.69, 9.17) is 0 Å². The maximum atomic E-state index is 12.9. The Morgan fingerprint density at radius 1 is 1.29 bits per heavy atom. The molecular formula is C23H26N4O3S. The molecule has 3 N–H and O–H groups in total. The summed E-state index contributed by atoms with van der Waals surface area (Å²) in [6.45, 7) is 8.58. The molecule has 1 atom stereocenters. The van der Waals surface area contributed by atoms with Crippen LogP contribution in [0.2, 0.25) is 0 Å². The number of allylic oxidation sites excluding steroid dienone is 1. The summed E-state index contributed by atoms with van der Waals surface area (Å²) in [5, 5.41) is 10.3. The first kappa shape index (κ1) is 21.1. The number of nitrogens with zero attached hydrogens (tertiary/aromatic N) is 1. The molecule has 0 unspecified atom stereocenters. The van der Waals surface area contributed by atoms with E-state index in [0.717, 1.165) is 34.5 Å². The fraction of sp³-hybridized carbons (Fsp3) is 0.348. The fourth-order valence-corrected chi connectivity index (χ4v) is 4.96. The minimum atomic E-state index is -0.488. The smallest absolute Gasteiger partial charge is 0.319 e. The lowest BCUT2D eigenvalue weighted by Crippen LogP contribution is -2.45. The molecule has 4 rings (SSSR count). The molecule has 2 aromatic rings. The van der Waals surface area contributed by atoms with Crippen LogP contribution < -0.4 is 16.0 Å². The van der Waals surface area contributed by atoms with Crippen molar-refractivity contribution in [1.29, 1.82) is 0 Å². The number of urea groups is 1. The van der Waals surface area contributed by atoms with Crippen LogP contribution in [0.25, 0.3) is 0 Å². The number of anilines is 1. The second kappa shape index (κ2) is 8.55. The van der Waals surface area contributed by atoms with Crippen LogP contribution in [0, 0.1) is 13.8 Å². The number of carbonyl (C=O) groups is 3. The summed E-state index contributed by atoms with van der Waals surface area (Å²) in [6.07, 6.45) is 2.17. The van der Waals surface area contributed by atoms with Crippen LogP contribution in [0.5, 0.6) is 0 Å². The van der Waals surface area contributed by atoms with E-state index < -0.39 is 6.04 Å². The Labute approximate surface area is 185 Å².